The third-order valence-corrected chi connectivity index (χ3v) is 5.09. The van der Waals surface area contributed by atoms with Crippen molar-refractivity contribution in [3.8, 4) is 0 Å². The van der Waals surface area contributed by atoms with E-state index < -0.39 is 0 Å². The van der Waals surface area contributed by atoms with E-state index in [1.165, 1.54) is 23.5 Å². The molecule has 1 aliphatic rings. The Kier molecular flexibility index (Phi) is 5.40. The average Bonchev–Trinajstić information content (AvgIpc) is 3.02. The lowest BCUT2D eigenvalue weighted by Gasteiger charge is -2.29. The Morgan fingerprint density at radius 3 is 2.71 bits per heavy atom. The molecule has 1 amide bonds. The van der Waals surface area contributed by atoms with E-state index in [0.717, 1.165) is 25.7 Å². The highest BCUT2D eigenvalue weighted by atomic mass is 35.5. The molecular formula is C16H20ClN5OS. The molecule has 6 nitrogen and oxygen atoms in total. The van der Waals surface area contributed by atoms with Gasteiger partial charge in [0.15, 0.2) is 10.9 Å². The van der Waals surface area contributed by atoms with E-state index in [9.17, 15) is 4.79 Å². The number of aromatic nitrogens is 4. The number of carbonyl (C=O) groups is 1. The number of rotatable bonds is 4. The van der Waals surface area contributed by atoms with Crippen LogP contribution in [0, 0.1) is 6.92 Å². The average molecular weight is 366 g/mol. The van der Waals surface area contributed by atoms with Crippen molar-refractivity contribution in [3.63, 3.8) is 0 Å². The van der Waals surface area contributed by atoms with Gasteiger partial charge < -0.3 is 5.32 Å². The predicted octanol–water partition coefficient (Wildman–Crippen LogP) is 3.27. The number of halogens is 1. The van der Waals surface area contributed by atoms with Crippen LogP contribution in [-0.2, 0) is 0 Å². The Balaban J connectivity index is 1.59. The summed E-state index contributed by atoms with van der Waals surface area (Å²) in [5.74, 6) is -0.226. The first kappa shape index (κ1) is 17.2. The molecule has 0 spiro atoms. The van der Waals surface area contributed by atoms with Gasteiger partial charge in [0.05, 0.1) is 23.5 Å². The lowest BCUT2D eigenvalue weighted by molar-refractivity contribution is 0.0916. The number of hydrogen-bond acceptors (Lipinski definition) is 5. The van der Waals surface area contributed by atoms with Gasteiger partial charge in [-0.05, 0) is 44.4 Å². The second-order valence-corrected chi connectivity index (χ2v) is 7.21. The molecule has 8 heteroatoms. The Morgan fingerprint density at radius 1 is 1.33 bits per heavy atom. The van der Waals surface area contributed by atoms with Gasteiger partial charge in [-0.1, -0.05) is 23.4 Å². The van der Waals surface area contributed by atoms with Crippen molar-refractivity contribution in [2.75, 3.05) is 6.26 Å². The van der Waals surface area contributed by atoms with Gasteiger partial charge in [0.2, 0.25) is 0 Å². The molecule has 3 rings (SSSR count). The van der Waals surface area contributed by atoms with Crippen LogP contribution < -0.4 is 5.32 Å². The summed E-state index contributed by atoms with van der Waals surface area (Å²) in [5.41, 5.74) is 1.43. The minimum atomic E-state index is -0.226. The van der Waals surface area contributed by atoms with E-state index in [2.05, 4.69) is 26.6 Å². The van der Waals surface area contributed by atoms with Gasteiger partial charge in [0, 0.05) is 12.2 Å². The van der Waals surface area contributed by atoms with Crippen LogP contribution in [0.15, 0.2) is 23.7 Å². The van der Waals surface area contributed by atoms with Gasteiger partial charge in [-0.25, -0.2) is 9.97 Å². The Bertz CT molecular complexity index is 727. The van der Waals surface area contributed by atoms with E-state index in [-0.39, 0.29) is 22.7 Å². The smallest absolute Gasteiger partial charge is 0.271 e. The highest BCUT2D eigenvalue weighted by Crippen LogP contribution is 2.28. The molecule has 128 valence electrons. The summed E-state index contributed by atoms with van der Waals surface area (Å²) in [4.78, 5) is 20.7. The molecule has 1 aliphatic carbocycles. The van der Waals surface area contributed by atoms with Gasteiger partial charge in [-0.2, -0.15) is 5.10 Å². The van der Waals surface area contributed by atoms with Gasteiger partial charge >= 0.3 is 0 Å². The Labute approximate surface area is 150 Å². The maximum absolute atomic E-state index is 12.4. The van der Waals surface area contributed by atoms with Gasteiger partial charge in [-0.15, -0.1) is 0 Å². The summed E-state index contributed by atoms with van der Waals surface area (Å²) < 4.78 is 2.04. The first-order valence-corrected chi connectivity index (χ1v) is 9.55. The highest BCUT2D eigenvalue weighted by molar-refractivity contribution is 7.98. The molecule has 0 bridgehead atoms. The van der Waals surface area contributed by atoms with Crippen LogP contribution in [0.3, 0.4) is 0 Å². The molecule has 2 heterocycles. The molecule has 2 aromatic heterocycles. The van der Waals surface area contributed by atoms with E-state index >= 15 is 0 Å². The van der Waals surface area contributed by atoms with Crippen LogP contribution in [0.4, 0.5) is 0 Å². The molecule has 0 unspecified atom stereocenters. The Hall–Kier alpha value is -1.60. The van der Waals surface area contributed by atoms with E-state index in [0.29, 0.717) is 11.2 Å². The fourth-order valence-corrected chi connectivity index (χ4v) is 3.50. The number of nitrogens with zero attached hydrogens (tertiary/aromatic N) is 4. The van der Waals surface area contributed by atoms with Crippen molar-refractivity contribution in [1.29, 1.82) is 0 Å². The van der Waals surface area contributed by atoms with E-state index in [4.69, 9.17) is 11.6 Å². The van der Waals surface area contributed by atoms with Gasteiger partial charge in [0.1, 0.15) is 0 Å². The lowest BCUT2D eigenvalue weighted by Crippen LogP contribution is -2.38. The third-order valence-electron chi connectivity index (χ3n) is 4.26. The van der Waals surface area contributed by atoms with Crippen molar-refractivity contribution in [3.05, 3.63) is 34.9 Å². The first-order valence-electron chi connectivity index (χ1n) is 7.95. The predicted molar refractivity (Wildman–Crippen MR) is 94.5 cm³/mol. The first-order chi connectivity index (χ1) is 11.6. The summed E-state index contributed by atoms with van der Waals surface area (Å²) >= 11 is 7.45. The molecule has 24 heavy (non-hydrogen) atoms. The minimum Gasteiger partial charge on any atom is -0.348 e. The molecule has 2 aromatic rings. The number of amides is 1. The molecule has 0 atom stereocenters. The Morgan fingerprint density at radius 2 is 2.08 bits per heavy atom. The number of aryl methyl sites for hydroxylation is 1. The fraction of sp³-hybridized carbons (Fsp3) is 0.500. The van der Waals surface area contributed by atoms with Crippen LogP contribution in [0.5, 0.6) is 0 Å². The van der Waals surface area contributed by atoms with Crippen molar-refractivity contribution in [2.45, 2.75) is 49.8 Å². The summed E-state index contributed by atoms with van der Waals surface area (Å²) in [6.45, 7) is 2.05. The summed E-state index contributed by atoms with van der Waals surface area (Å²) in [7, 11) is 0. The second-order valence-electron chi connectivity index (χ2n) is 6.03. The molecule has 1 N–H and O–H groups in total. The third kappa shape index (κ3) is 3.89. The number of carbonyl (C=O) groups excluding carboxylic acids is 1. The fourth-order valence-electron chi connectivity index (χ4n) is 2.98. The van der Waals surface area contributed by atoms with Crippen molar-refractivity contribution >= 4 is 29.3 Å². The number of hydrogen-bond donors (Lipinski definition) is 1. The second kappa shape index (κ2) is 7.53. The summed E-state index contributed by atoms with van der Waals surface area (Å²) in [6.07, 6.45) is 11.2. The largest absolute Gasteiger partial charge is 0.348 e. The van der Waals surface area contributed by atoms with E-state index in [1.807, 2.05) is 24.1 Å². The molecule has 1 saturated carbocycles. The SMILES string of the molecule is CSc1ncc(Cl)c(C(=O)NC2CCC(n3cc(C)cn3)CC2)n1. The van der Waals surface area contributed by atoms with Gasteiger partial charge in [0.25, 0.3) is 5.91 Å². The molecular weight excluding hydrogens is 346 g/mol. The van der Waals surface area contributed by atoms with Crippen LogP contribution in [0.25, 0.3) is 0 Å². The van der Waals surface area contributed by atoms with Crippen molar-refractivity contribution in [2.24, 2.45) is 0 Å². The number of nitrogens with one attached hydrogen (secondary N) is 1. The maximum atomic E-state index is 12.4. The van der Waals surface area contributed by atoms with Crippen molar-refractivity contribution < 1.29 is 4.79 Å². The summed E-state index contributed by atoms with van der Waals surface area (Å²) in [6, 6.07) is 0.562. The zero-order valence-electron chi connectivity index (χ0n) is 13.7. The van der Waals surface area contributed by atoms with Crippen LogP contribution in [0.2, 0.25) is 5.02 Å². The minimum absolute atomic E-state index is 0.147. The number of thioether (sulfide) groups is 1. The normalized spacial score (nSPS) is 20.8. The quantitative estimate of drug-likeness (QED) is 0.665. The van der Waals surface area contributed by atoms with Gasteiger partial charge in [-0.3, -0.25) is 9.48 Å². The standard InChI is InChI=1S/C16H20ClN5OS/c1-10-7-19-22(9-10)12-5-3-11(4-6-12)20-15(23)14-13(17)8-18-16(21-14)24-2/h7-9,11-12H,3-6H2,1-2H3,(H,20,23). The van der Waals surface area contributed by atoms with Crippen molar-refractivity contribution in [1.82, 2.24) is 25.1 Å². The molecule has 0 aliphatic heterocycles. The molecule has 1 fully saturated rings. The highest BCUT2D eigenvalue weighted by Gasteiger charge is 2.25. The summed E-state index contributed by atoms with van der Waals surface area (Å²) in [5, 5.41) is 8.28. The van der Waals surface area contributed by atoms with Crippen LogP contribution in [-0.4, -0.2) is 38.0 Å². The molecule has 0 radical (unpaired) electrons. The zero-order valence-corrected chi connectivity index (χ0v) is 15.3. The molecule has 0 saturated heterocycles. The molecule has 0 aromatic carbocycles. The topological polar surface area (TPSA) is 72.7 Å². The van der Waals surface area contributed by atoms with E-state index in [1.54, 1.807) is 0 Å². The van der Waals surface area contributed by atoms with Crippen LogP contribution in [0.1, 0.15) is 47.8 Å². The zero-order chi connectivity index (χ0) is 17.1. The monoisotopic (exact) mass is 365 g/mol. The van der Waals surface area contributed by atoms with Crippen LogP contribution >= 0.6 is 23.4 Å². The maximum Gasteiger partial charge on any atom is 0.271 e. The lowest BCUT2D eigenvalue weighted by atomic mass is 9.91.